The predicted octanol–water partition coefficient (Wildman–Crippen LogP) is 1.95. The SMILES string of the molecule is CCCC(=O)OCC(=O)NCc1ccc(C)cc1. The van der Waals surface area contributed by atoms with Crippen molar-refractivity contribution in [3.05, 3.63) is 35.4 Å². The molecule has 1 rings (SSSR count). The number of ether oxygens (including phenoxy) is 1. The van der Waals surface area contributed by atoms with E-state index in [-0.39, 0.29) is 18.5 Å². The number of benzene rings is 1. The molecule has 1 aromatic rings. The number of rotatable bonds is 6. The van der Waals surface area contributed by atoms with Crippen LogP contribution >= 0.6 is 0 Å². The van der Waals surface area contributed by atoms with Gasteiger partial charge >= 0.3 is 5.97 Å². The Morgan fingerprint density at radius 1 is 1.22 bits per heavy atom. The molecule has 1 N–H and O–H groups in total. The van der Waals surface area contributed by atoms with Gasteiger partial charge in [0.15, 0.2) is 6.61 Å². The molecular formula is C14H19NO3. The van der Waals surface area contributed by atoms with Crippen molar-refractivity contribution >= 4 is 11.9 Å². The fourth-order valence-electron chi connectivity index (χ4n) is 1.38. The van der Waals surface area contributed by atoms with Crippen molar-refractivity contribution in [2.24, 2.45) is 0 Å². The molecule has 18 heavy (non-hydrogen) atoms. The minimum absolute atomic E-state index is 0.204. The first-order valence-electron chi connectivity index (χ1n) is 6.09. The molecule has 0 spiro atoms. The van der Waals surface area contributed by atoms with Crippen LogP contribution in [-0.4, -0.2) is 18.5 Å². The minimum Gasteiger partial charge on any atom is -0.456 e. The Kier molecular flexibility index (Phi) is 5.91. The molecule has 4 nitrogen and oxygen atoms in total. The van der Waals surface area contributed by atoms with Crippen LogP contribution in [0.3, 0.4) is 0 Å². The molecule has 0 bridgehead atoms. The lowest BCUT2D eigenvalue weighted by Gasteiger charge is -2.06. The maximum Gasteiger partial charge on any atom is 0.306 e. The van der Waals surface area contributed by atoms with Crippen LogP contribution in [0.5, 0.6) is 0 Å². The summed E-state index contributed by atoms with van der Waals surface area (Å²) < 4.78 is 4.80. The Morgan fingerprint density at radius 2 is 1.89 bits per heavy atom. The minimum atomic E-state index is -0.331. The average Bonchev–Trinajstić information content (AvgIpc) is 2.36. The highest BCUT2D eigenvalue weighted by atomic mass is 16.5. The number of hydrogen-bond acceptors (Lipinski definition) is 3. The van der Waals surface area contributed by atoms with E-state index in [4.69, 9.17) is 4.74 Å². The van der Waals surface area contributed by atoms with Crippen molar-refractivity contribution < 1.29 is 14.3 Å². The van der Waals surface area contributed by atoms with Gasteiger partial charge in [-0.3, -0.25) is 9.59 Å². The largest absolute Gasteiger partial charge is 0.456 e. The van der Waals surface area contributed by atoms with E-state index in [1.165, 1.54) is 5.56 Å². The molecule has 1 amide bonds. The maximum absolute atomic E-state index is 11.4. The molecule has 4 heteroatoms. The van der Waals surface area contributed by atoms with Crippen LogP contribution in [0.1, 0.15) is 30.9 Å². The molecule has 0 fully saturated rings. The molecule has 0 atom stereocenters. The second kappa shape index (κ2) is 7.48. The molecule has 0 aliphatic rings. The van der Waals surface area contributed by atoms with E-state index >= 15 is 0 Å². The average molecular weight is 249 g/mol. The molecule has 0 aromatic heterocycles. The standard InChI is InChI=1S/C14H19NO3/c1-3-4-14(17)18-10-13(16)15-9-12-7-5-11(2)6-8-12/h5-8H,3-4,9-10H2,1-2H3,(H,15,16). The van der Waals surface area contributed by atoms with Crippen molar-refractivity contribution in [1.29, 1.82) is 0 Å². The Hall–Kier alpha value is -1.84. The van der Waals surface area contributed by atoms with E-state index in [2.05, 4.69) is 5.32 Å². The van der Waals surface area contributed by atoms with Gasteiger partial charge in [0.05, 0.1) is 0 Å². The van der Waals surface area contributed by atoms with E-state index in [1.807, 2.05) is 38.1 Å². The normalized spacial score (nSPS) is 9.89. The van der Waals surface area contributed by atoms with Gasteiger partial charge < -0.3 is 10.1 Å². The second-order valence-corrected chi connectivity index (χ2v) is 4.17. The first kappa shape index (κ1) is 14.2. The molecule has 1 aromatic carbocycles. The highest BCUT2D eigenvalue weighted by molar-refractivity contribution is 5.80. The maximum atomic E-state index is 11.4. The van der Waals surface area contributed by atoms with Crippen LogP contribution in [0.15, 0.2) is 24.3 Å². The van der Waals surface area contributed by atoms with Gasteiger partial charge in [-0.25, -0.2) is 0 Å². The van der Waals surface area contributed by atoms with Crippen molar-refractivity contribution in [3.8, 4) is 0 Å². The summed E-state index contributed by atoms with van der Waals surface area (Å²) in [5.74, 6) is -0.608. The van der Waals surface area contributed by atoms with Crippen LogP contribution < -0.4 is 5.32 Å². The van der Waals surface area contributed by atoms with E-state index < -0.39 is 0 Å². The van der Waals surface area contributed by atoms with Crippen LogP contribution in [0.2, 0.25) is 0 Å². The number of nitrogens with one attached hydrogen (secondary N) is 1. The lowest BCUT2D eigenvalue weighted by molar-refractivity contribution is -0.148. The monoisotopic (exact) mass is 249 g/mol. The highest BCUT2D eigenvalue weighted by Crippen LogP contribution is 2.02. The zero-order valence-corrected chi connectivity index (χ0v) is 10.9. The number of carbonyl (C=O) groups is 2. The van der Waals surface area contributed by atoms with Crippen LogP contribution in [0.25, 0.3) is 0 Å². The van der Waals surface area contributed by atoms with Crippen molar-refractivity contribution in [3.63, 3.8) is 0 Å². The lowest BCUT2D eigenvalue weighted by Crippen LogP contribution is -2.28. The molecular weight excluding hydrogens is 230 g/mol. The van der Waals surface area contributed by atoms with Gasteiger partial charge in [-0.1, -0.05) is 36.8 Å². The fourth-order valence-corrected chi connectivity index (χ4v) is 1.38. The second-order valence-electron chi connectivity index (χ2n) is 4.17. The smallest absolute Gasteiger partial charge is 0.306 e. The van der Waals surface area contributed by atoms with E-state index in [9.17, 15) is 9.59 Å². The molecule has 0 aliphatic carbocycles. The molecule has 0 heterocycles. The van der Waals surface area contributed by atoms with Gasteiger partial charge in [0, 0.05) is 13.0 Å². The Morgan fingerprint density at radius 3 is 2.50 bits per heavy atom. The summed E-state index contributed by atoms with van der Waals surface area (Å²) in [5, 5.41) is 2.70. The van der Waals surface area contributed by atoms with Crippen molar-refractivity contribution in [2.75, 3.05) is 6.61 Å². The van der Waals surface area contributed by atoms with Crippen molar-refractivity contribution in [1.82, 2.24) is 5.32 Å². The summed E-state index contributed by atoms with van der Waals surface area (Å²) in [5.41, 5.74) is 2.20. The third kappa shape index (κ3) is 5.48. The van der Waals surface area contributed by atoms with Gasteiger partial charge in [-0.05, 0) is 18.9 Å². The van der Waals surface area contributed by atoms with Crippen molar-refractivity contribution in [2.45, 2.75) is 33.2 Å². The summed E-state index contributed by atoms with van der Waals surface area (Å²) in [6.07, 6.45) is 1.08. The van der Waals surface area contributed by atoms with E-state index in [0.29, 0.717) is 13.0 Å². The summed E-state index contributed by atoms with van der Waals surface area (Å²) in [4.78, 5) is 22.5. The van der Waals surface area contributed by atoms with Crippen LogP contribution in [0.4, 0.5) is 0 Å². The predicted molar refractivity (Wildman–Crippen MR) is 68.9 cm³/mol. The van der Waals surface area contributed by atoms with E-state index in [0.717, 1.165) is 12.0 Å². The summed E-state index contributed by atoms with van der Waals surface area (Å²) in [7, 11) is 0. The number of carbonyl (C=O) groups excluding carboxylic acids is 2. The third-order valence-corrected chi connectivity index (χ3v) is 2.43. The van der Waals surface area contributed by atoms with Gasteiger partial charge in [0.2, 0.25) is 0 Å². The number of amides is 1. The highest BCUT2D eigenvalue weighted by Gasteiger charge is 2.06. The Balaban J connectivity index is 2.24. The number of hydrogen-bond donors (Lipinski definition) is 1. The van der Waals surface area contributed by atoms with Crippen LogP contribution in [-0.2, 0) is 20.9 Å². The Bertz CT molecular complexity index is 398. The van der Waals surface area contributed by atoms with Crippen LogP contribution in [0, 0.1) is 6.92 Å². The van der Waals surface area contributed by atoms with E-state index in [1.54, 1.807) is 0 Å². The molecule has 0 saturated carbocycles. The molecule has 0 aliphatic heterocycles. The third-order valence-electron chi connectivity index (χ3n) is 2.43. The molecule has 0 unspecified atom stereocenters. The van der Waals surface area contributed by atoms with Gasteiger partial charge in [0.1, 0.15) is 0 Å². The quantitative estimate of drug-likeness (QED) is 0.784. The van der Waals surface area contributed by atoms with Gasteiger partial charge in [-0.2, -0.15) is 0 Å². The molecule has 98 valence electrons. The zero-order valence-electron chi connectivity index (χ0n) is 10.9. The van der Waals surface area contributed by atoms with Gasteiger partial charge in [-0.15, -0.1) is 0 Å². The first-order chi connectivity index (χ1) is 8.61. The number of aryl methyl sites for hydroxylation is 1. The van der Waals surface area contributed by atoms with Gasteiger partial charge in [0.25, 0.3) is 5.91 Å². The Labute approximate surface area is 107 Å². The summed E-state index contributed by atoms with van der Waals surface area (Å²) in [6, 6.07) is 7.89. The summed E-state index contributed by atoms with van der Waals surface area (Å²) in [6.45, 7) is 4.14. The fraction of sp³-hybridized carbons (Fsp3) is 0.429. The topological polar surface area (TPSA) is 55.4 Å². The summed E-state index contributed by atoms with van der Waals surface area (Å²) >= 11 is 0. The number of esters is 1. The molecule has 0 radical (unpaired) electrons. The first-order valence-corrected chi connectivity index (χ1v) is 6.09. The molecule has 0 saturated heterocycles. The lowest BCUT2D eigenvalue weighted by atomic mass is 10.1. The zero-order chi connectivity index (χ0) is 13.4.